The number of fused-ring (bicyclic) bond motifs is 1. The Balaban J connectivity index is 1.50. The van der Waals surface area contributed by atoms with Crippen LogP contribution in [-0.2, 0) is 9.59 Å². The van der Waals surface area contributed by atoms with E-state index in [-0.39, 0.29) is 23.4 Å². The van der Waals surface area contributed by atoms with Gasteiger partial charge in [-0.3, -0.25) is 9.59 Å². The van der Waals surface area contributed by atoms with Crippen LogP contribution in [0.4, 0.5) is 4.39 Å². The van der Waals surface area contributed by atoms with Gasteiger partial charge < -0.3 is 10.6 Å². The molecule has 1 saturated heterocycles. The molecule has 9 heteroatoms. The van der Waals surface area contributed by atoms with Crippen molar-refractivity contribution in [2.75, 3.05) is 12.3 Å². The number of benzene rings is 1. The molecule has 1 aliphatic rings. The number of hydrogen-bond acceptors (Lipinski definition) is 6. The second-order valence-corrected chi connectivity index (χ2v) is 8.53. The first-order valence-corrected chi connectivity index (χ1v) is 11.2. The van der Waals surface area contributed by atoms with E-state index in [2.05, 4.69) is 20.6 Å². The SMILES string of the molecule is O=C(CSc1ncnc2scc(-c3ccc(F)cc3)c12)NC1CCCCNC1=O. The van der Waals surface area contributed by atoms with Crippen LogP contribution in [0.15, 0.2) is 41.0 Å². The predicted molar refractivity (Wildman–Crippen MR) is 112 cm³/mol. The molecule has 150 valence electrons. The summed E-state index contributed by atoms with van der Waals surface area (Å²) in [6, 6.07) is 5.79. The lowest BCUT2D eigenvalue weighted by Crippen LogP contribution is -2.46. The molecule has 3 aromatic rings. The number of nitrogens with one attached hydrogen (secondary N) is 2. The van der Waals surface area contributed by atoms with Crippen LogP contribution in [-0.4, -0.2) is 40.1 Å². The fraction of sp³-hybridized carbons (Fsp3) is 0.300. The van der Waals surface area contributed by atoms with Crippen molar-refractivity contribution >= 4 is 45.1 Å². The second kappa shape index (κ2) is 8.87. The number of carbonyl (C=O) groups excluding carboxylic acids is 2. The predicted octanol–water partition coefficient (Wildman–Crippen LogP) is 3.37. The quantitative estimate of drug-likeness (QED) is 0.479. The summed E-state index contributed by atoms with van der Waals surface area (Å²) in [6.07, 6.45) is 3.96. The van der Waals surface area contributed by atoms with E-state index in [1.165, 1.54) is 41.6 Å². The minimum Gasteiger partial charge on any atom is -0.354 e. The maximum atomic E-state index is 13.3. The lowest BCUT2D eigenvalue weighted by atomic mass is 10.1. The zero-order valence-corrected chi connectivity index (χ0v) is 17.1. The molecule has 0 saturated carbocycles. The molecule has 1 atom stereocenters. The number of hydrogen-bond donors (Lipinski definition) is 2. The van der Waals surface area contributed by atoms with Crippen molar-refractivity contribution in [1.29, 1.82) is 0 Å². The Hall–Kier alpha value is -2.52. The Labute approximate surface area is 175 Å². The highest BCUT2D eigenvalue weighted by molar-refractivity contribution is 8.00. The van der Waals surface area contributed by atoms with E-state index < -0.39 is 6.04 Å². The van der Waals surface area contributed by atoms with Crippen LogP contribution >= 0.6 is 23.1 Å². The summed E-state index contributed by atoms with van der Waals surface area (Å²) in [5.74, 6) is -0.475. The summed E-state index contributed by atoms with van der Waals surface area (Å²) in [6.45, 7) is 0.656. The fourth-order valence-corrected chi connectivity index (χ4v) is 5.05. The van der Waals surface area contributed by atoms with E-state index in [1.54, 1.807) is 12.1 Å². The molecule has 6 nitrogen and oxygen atoms in total. The smallest absolute Gasteiger partial charge is 0.242 e. The first kappa shape index (κ1) is 19.8. The highest BCUT2D eigenvalue weighted by atomic mass is 32.2. The molecule has 1 fully saturated rings. The van der Waals surface area contributed by atoms with Gasteiger partial charge in [0, 0.05) is 17.5 Å². The molecular formula is C20H19FN4O2S2. The van der Waals surface area contributed by atoms with Crippen molar-refractivity contribution in [3.05, 3.63) is 41.8 Å². The van der Waals surface area contributed by atoms with E-state index in [0.717, 1.165) is 34.2 Å². The van der Waals surface area contributed by atoms with Gasteiger partial charge in [-0.15, -0.1) is 11.3 Å². The molecule has 2 N–H and O–H groups in total. The Bertz CT molecular complexity index is 1040. The first-order chi connectivity index (χ1) is 14.1. The van der Waals surface area contributed by atoms with Gasteiger partial charge >= 0.3 is 0 Å². The van der Waals surface area contributed by atoms with Gasteiger partial charge in [-0.1, -0.05) is 23.9 Å². The standard InChI is InChI=1S/C20H19FN4O2S2/c21-13-6-4-12(5-7-13)14-9-28-19-17(14)20(24-11-23-19)29-10-16(26)25-15-3-1-2-8-22-18(15)27/h4-7,9,11,15H,1-3,8,10H2,(H,22,27)(H,25,26). The number of halogens is 1. The van der Waals surface area contributed by atoms with Crippen molar-refractivity contribution < 1.29 is 14.0 Å². The molecule has 4 rings (SSSR count). The van der Waals surface area contributed by atoms with Gasteiger partial charge in [-0.2, -0.15) is 0 Å². The number of rotatable bonds is 5. The molecule has 1 unspecified atom stereocenters. The highest BCUT2D eigenvalue weighted by Gasteiger charge is 2.22. The van der Waals surface area contributed by atoms with Crippen LogP contribution < -0.4 is 10.6 Å². The van der Waals surface area contributed by atoms with E-state index in [0.29, 0.717) is 18.0 Å². The molecule has 0 bridgehead atoms. The molecule has 1 aliphatic heterocycles. The molecule has 0 aliphatic carbocycles. The molecule has 0 radical (unpaired) electrons. The van der Waals surface area contributed by atoms with Crippen molar-refractivity contribution in [2.24, 2.45) is 0 Å². The zero-order valence-electron chi connectivity index (χ0n) is 15.5. The molecular weight excluding hydrogens is 411 g/mol. The summed E-state index contributed by atoms with van der Waals surface area (Å²) in [5.41, 5.74) is 1.78. The topological polar surface area (TPSA) is 84.0 Å². The average molecular weight is 431 g/mol. The molecule has 3 heterocycles. The molecule has 0 spiro atoms. The van der Waals surface area contributed by atoms with E-state index in [1.807, 2.05) is 5.38 Å². The van der Waals surface area contributed by atoms with Crippen LogP contribution in [0.2, 0.25) is 0 Å². The van der Waals surface area contributed by atoms with Crippen molar-refractivity contribution in [3.8, 4) is 11.1 Å². The Kier molecular flexibility index (Phi) is 6.05. The Morgan fingerprint density at radius 3 is 2.93 bits per heavy atom. The zero-order chi connectivity index (χ0) is 20.2. The van der Waals surface area contributed by atoms with Crippen LogP contribution in [0.25, 0.3) is 21.3 Å². The maximum Gasteiger partial charge on any atom is 0.242 e. The van der Waals surface area contributed by atoms with Gasteiger partial charge in [0.05, 0.1) is 11.1 Å². The van der Waals surface area contributed by atoms with Crippen molar-refractivity contribution in [3.63, 3.8) is 0 Å². The number of aromatic nitrogens is 2. The van der Waals surface area contributed by atoms with E-state index >= 15 is 0 Å². The lowest BCUT2D eigenvalue weighted by Gasteiger charge is -2.15. The van der Waals surface area contributed by atoms with Gasteiger partial charge in [0.25, 0.3) is 0 Å². The minimum absolute atomic E-state index is 0.123. The average Bonchev–Trinajstić information content (AvgIpc) is 3.06. The number of thioether (sulfide) groups is 1. The van der Waals surface area contributed by atoms with Gasteiger partial charge in [0.15, 0.2) is 0 Å². The van der Waals surface area contributed by atoms with Crippen LogP contribution in [0.5, 0.6) is 0 Å². The minimum atomic E-state index is -0.480. The Morgan fingerprint density at radius 1 is 1.28 bits per heavy atom. The molecule has 29 heavy (non-hydrogen) atoms. The number of nitrogens with zero attached hydrogens (tertiary/aromatic N) is 2. The van der Waals surface area contributed by atoms with E-state index in [9.17, 15) is 14.0 Å². The third-order valence-corrected chi connectivity index (χ3v) is 6.58. The first-order valence-electron chi connectivity index (χ1n) is 9.30. The largest absolute Gasteiger partial charge is 0.354 e. The summed E-state index contributed by atoms with van der Waals surface area (Å²) in [4.78, 5) is 33.9. The number of thiophene rings is 1. The molecule has 1 aromatic carbocycles. The van der Waals surface area contributed by atoms with Gasteiger partial charge in [-0.05, 0) is 37.0 Å². The summed E-state index contributed by atoms with van der Waals surface area (Å²) >= 11 is 2.79. The molecule has 2 amide bonds. The van der Waals surface area contributed by atoms with Gasteiger partial charge in [0.2, 0.25) is 11.8 Å². The van der Waals surface area contributed by atoms with Crippen LogP contribution in [0.1, 0.15) is 19.3 Å². The Morgan fingerprint density at radius 2 is 2.10 bits per heavy atom. The summed E-state index contributed by atoms with van der Waals surface area (Å²) < 4.78 is 13.3. The van der Waals surface area contributed by atoms with Crippen molar-refractivity contribution in [2.45, 2.75) is 30.3 Å². The maximum absolute atomic E-state index is 13.3. The summed E-state index contributed by atoms with van der Waals surface area (Å²) in [7, 11) is 0. The fourth-order valence-electron chi connectivity index (χ4n) is 3.25. The monoisotopic (exact) mass is 430 g/mol. The third kappa shape index (κ3) is 4.56. The van der Waals surface area contributed by atoms with Gasteiger partial charge in [0.1, 0.15) is 28.0 Å². The van der Waals surface area contributed by atoms with Crippen LogP contribution in [0, 0.1) is 5.82 Å². The lowest BCUT2D eigenvalue weighted by molar-refractivity contribution is -0.127. The number of amides is 2. The van der Waals surface area contributed by atoms with E-state index in [4.69, 9.17) is 0 Å². The second-order valence-electron chi connectivity index (χ2n) is 6.71. The van der Waals surface area contributed by atoms with Crippen molar-refractivity contribution in [1.82, 2.24) is 20.6 Å². The van der Waals surface area contributed by atoms with Crippen LogP contribution in [0.3, 0.4) is 0 Å². The highest BCUT2D eigenvalue weighted by Crippen LogP contribution is 2.37. The summed E-state index contributed by atoms with van der Waals surface area (Å²) in [5, 5.41) is 9.15. The third-order valence-electron chi connectivity index (χ3n) is 4.70. The molecule has 2 aromatic heterocycles. The number of carbonyl (C=O) groups is 2. The van der Waals surface area contributed by atoms with Gasteiger partial charge in [-0.25, -0.2) is 14.4 Å². The normalized spacial score (nSPS) is 17.0.